The van der Waals surface area contributed by atoms with Gasteiger partial charge in [-0.05, 0) is 24.8 Å². The third-order valence-corrected chi connectivity index (χ3v) is 2.20. The Bertz CT molecular complexity index is 284. The SMILES string of the molecule is CCCNc1ncc(CC)c(CC)n1. The van der Waals surface area contributed by atoms with Crippen LogP contribution in [0.3, 0.4) is 0 Å². The molecule has 1 N–H and O–H groups in total. The fraction of sp³-hybridized carbons (Fsp3) is 0.636. The lowest BCUT2D eigenvalue weighted by Crippen LogP contribution is -2.07. The van der Waals surface area contributed by atoms with Crippen LogP contribution in [0.5, 0.6) is 0 Å². The smallest absolute Gasteiger partial charge is 0.222 e. The Morgan fingerprint density at radius 1 is 1.21 bits per heavy atom. The number of aromatic nitrogens is 2. The molecule has 0 saturated carbocycles. The number of nitrogens with zero attached hydrogens (tertiary/aromatic N) is 2. The molecule has 78 valence electrons. The molecule has 3 nitrogen and oxygen atoms in total. The molecule has 1 rings (SSSR count). The largest absolute Gasteiger partial charge is 0.354 e. The molecule has 0 fully saturated rings. The summed E-state index contributed by atoms with van der Waals surface area (Å²) in [5.74, 6) is 0.765. The Kier molecular flexibility index (Phi) is 4.36. The first-order chi connectivity index (χ1) is 6.81. The zero-order valence-corrected chi connectivity index (χ0v) is 9.30. The van der Waals surface area contributed by atoms with E-state index in [9.17, 15) is 0 Å². The molecule has 1 aromatic heterocycles. The Morgan fingerprint density at radius 3 is 2.57 bits per heavy atom. The highest BCUT2D eigenvalue weighted by Crippen LogP contribution is 2.09. The van der Waals surface area contributed by atoms with Gasteiger partial charge in [-0.15, -0.1) is 0 Å². The van der Waals surface area contributed by atoms with Gasteiger partial charge in [0, 0.05) is 18.4 Å². The minimum atomic E-state index is 0.765. The molecular formula is C11H19N3. The zero-order chi connectivity index (χ0) is 10.4. The molecule has 0 unspecified atom stereocenters. The molecule has 0 aliphatic rings. The Balaban J connectivity index is 2.79. The van der Waals surface area contributed by atoms with Crippen LogP contribution < -0.4 is 5.32 Å². The van der Waals surface area contributed by atoms with E-state index in [1.54, 1.807) is 0 Å². The first-order valence-corrected chi connectivity index (χ1v) is 5.40. The van der Waals surface area contributed by atoms with E-state index in [4.69, 9.17) is 0 Å². The van der Waals surface area contributed by atoms with E-state index in [-0.39, 0.29) is 0 Å². The molecule has 1 heterocycles. The molecule has 1 aromatic rings. The molecule has 0 atom stereocenters. The number of aryl methyl sites for hydroxylation is 2. The van der Waals surface area contributed by atoms with Crippen molar-refractivity contribution in [3.8, 4) is 0 Å². The van der Waals surface area contributed by atoms with Gasteiger partial charge in [-0.2, -0.15) is 0 Å². The van der Waals surface area contributed by atoms with E-state index in [0.29, 0.717) is 0 Å². The highest BCUT2D eigenvalue weighted by Gasteiger charge is 2.02. The van der Waals surface area contributed by atoms with Gasteiger partial charge in [-0.3, -0.25) is 0 Å². The van der Waals surface area contributed by atoms with Crippen LogP contribution in [0.4, 0.5) is 5.95 Å². The van der Waals surface area contributed by atoms with E-state index in [0.717, 1.165) is 31.8 Å². The predicted molar refractivity (Wildman–Crippen MR) is 59.6 cm³/mol. The summed E-state index contributed by atoms with van der Waals surface area (Å²) in [7, 11) is 0. The second-order valence-electron chi connectivity index (χ2n) is 3.30. The van der Waals surface area contributed by atoms with Crippen LogP contribution in [0.1, 0.15) is 38.4 Å². The van der Waals surface area contributed by atoms with Crippen molar-refractivity contribution < 1.29 is 0 Å². The summed E-state index contributed by atoms with van der Waals surface area (Å²) < 4.78 is 0. The lowest BCUT2D eigenvalue weighted by molar-refractivity contribution is 0.903. The van der Waals surface area contributed by atoms with Crippen molar-refractivity contribution >= 4 is 5.95 Å². The van der Waals surface area contributed by atoms with Crippen molar-refractivity contribution in [2.24, 2.45) is 0 Å². The lowest BCUT2D eigenvalue weighted by Gasteiger charge is -2.07. The zero-order valence-electron chi connectivity index (χ0n) is 9.30. The number of rotatable bonds is 5. The quantitative estimate of drug-likeness (QED) is 0.780. The van der Waals surface area contributed by atoms with Gasteiger partial charge in [0.2, 0.25) is 5.95 Å². The van der Waals surface area contributed by atoms with Crippen molar-refractivity contribution in [3.63, 3.8) is 0 Å². The fourth-order valence-corrected chi connectivity index (χ4v) is 1.37. The average molecular weight is 193 g/mol. The number of anilines is 1. The van der Waals surface area contributed by atoms with Crippen molar-refractivity contribution in [2.75, 3.05) is 11.9 Å². The van der Waals surface area contributed by atoms with Gasteiger partial charge in [-0.1, -0.05) is 20.8 Å². The van der Waals surface area contributed by atoms with Gasteiger partial charge in [0.1, 0.15) is 0 Å². The fourth-order valence-electron chi connectivity index (χ4n) is 1.37. The Hall–Kier alpha value is -1.12. The van der Waals surface area contributed by atoms with Gasteiger partial charge in [0.15, 0.2) is 0 Å². The van der Waals surface area contributed by atoms with E-state index < -0.39 is 0 Å². The van der Waals surface area contributed by atoms with Crippen LogP contribution in [-0.2, 0) is 12.8 Å². The summed E-state index contributed by atoms with van der Waals surface area (Å²) in [5.41, 5.74) is 2.43. The van der Waals surface area contributed by atoms with Crippen LogP contribution in [-0.4, -0.2) is 16.5 Å². The van der Waals surface area contributed by atoms with E-state index >= 15 is 0 Å². The van der Waals surface area contributed by atoms with Crippen molar-refractivity contribution in [1.82, 2.24) is 9.97 Å². The molecule has 0 saturated heterocycles. The maximum absolute atomic E-state index is 4.48. The van der Waals surface area contributed by atoms with Crippen molar-refractivity contribution in [3.05, 3.63) is 17.5 Å². The standard InChI is InChI=1S/C11H19N3/c1-4-7-12-11-13-8-9(5-2)10(6-3)14-11/h8H,4-7H2,1-3H3,(H,12,13,14). The third-order valence-electron chi connectivity index (χ3n) is 2.20. The van der Waals surface area contributed by atoms with E-state index in [1.807, 2.05) is 6.20 Å². The van der Waals surface area contributed by atoms with E-state index in [1.165, 1.54) is 11.3 Å². The molecule has 0 radical (unpaired) electrons. The molecule has 0 aliphatic heterocycles. The molecule has 0 bridgehead atoms. The van der Waals surface area contributed by atoms with Crippen molar-refractivity contribution in [2.45, 2.75) is 40.0 Å². The molecule has 0 aromatic carbocycles. The normalized spacial score (nSPS) is 10.2. The monoisotopic (exact) mass is 193 g/mol. The highest BCUT2D eigenvalue weighted by atomic mass is 15.1. The summed E-state index contributed by atoms with van der Waals surface area (Å²) in [6.07, 6.45) is 5.02. The number of hydrogen-bond acceptors (Lipinski definition) is 3. The molecule has 0 spiro atoms. The predicted octanol–water partition coefficient (Wildman–Crippen LogP) is 2.42. The Morgan fingerprint density at radius 2 is 2.00 bits per heavy atom. The van der Waals surface area contributed by atoms with Crippen LogP contribution in [0.15, 0.2) is 6.20 Å². The van der Waals surface area contributed by atoms with Crippen LogP contribution in [0, 0.1) is 0 Å². The second kappa shape index (κ2) is 5.58. The van der Waals surface area contributed by atoms with Crippen LogP contribution >= 0.6 is 0 Å². The second-order valence-corrected chi connectivity index (χ2v) is 3.30. The lowest BCUT2D eigenvalue weighted by atomic mass is 10.1. The van der Waals surface area contributed by atoms with Crippen LogP contribution in [0.25, 0.3) is 0 Å². The Labute approximate surface area is 86.0 Å². The summed E-state index contributed by atoms with van der Waals surface area (Å²) in [4.78, 5) is 8.75. The maximum Gasteiger partial charge on any atom is 0.222 e. The molecule has 14 heavy (non-hydrogen) atoms. The van der Waals surface area contributed by atoms with Gasteiger partial charge >= 0.3 is 0 Å². The number of hydrogen-bond donors (Lipinski definition) is 1. The minimum Gasteiger partial charge on any atom is -0.354 e. The molecule has 0 aliphatic carbocycles. The van der Waals surface area contributed by atoms with Crippen LogP contribution in [0.2, 0.25) is 0 Å². The molecule has 3 heteroatoms. The third kappa shape index (κ3) is 2.69. The minimum absolute atomic E-state index is 0.765. The van der Waals surface area contributed by atoms with Gasteiger partial charge in [-0.25, -0.2) is 9.97 Å². The first kappa shape index (κ1) is 11.0. The van der Waals surface area contributed by atoms with Crippen molar-refractivity contribution in [1.29, 1.82) is 0 Å². The average Bonchev–Trinajstić information content (AvgIpc) is 2.25. The molecule has 0 amide bonds. The topological polar surface area (TPSA) is 37.8 Å². The number of nitrogens with one attached hydrogen (secondary N) is 1. The summed E-state index contributed by atoms with van der Waals surface area (Å²) >= 11 is 0. The molecular weight excluding hydrogens is 174 g/mol. The summed E-state index contributed by atoms with van der Waals surface area (Å²) in [5, 5.41) is 3.20. The first-order valence-electron chi connectivity index (χ1n) is 5.40. The van der Waals surface area contributed by atoms with E-state index in [2.05, 4.69) is 36.1 Å². The van der Waals surface area contributed by atoms with Gasteiger partial charge < -0.3 is 5.32 Å². The van der Waals surface area contributed by atoms with Gasteiger partial charge in [0.05, 0.1) is 0 Å². The summed E-state index contributed by atoms with van der Waals surface area (Å²) in [6, 6.07) is 0. The maximum atomic E-state index is 4.48. The highest BCUT2D eigenvalue weighted by molar-refractivity contribution is 5.29. The van der Waals surface area contributed by atoms with Gasteiger partial charge in [0.25, 0.3) is 0 Å². The summed E-state index contributed by atoms with van der Waals surface area (Å²) in [6.45, 7) is 7.34.